The van der Waals surface area contributed by atoms with E-state index >= 15 is 0 Å². The Morgan fingerprint density at radius 3 is 2.90 bits per heavy atom. The summed E-state index contributed by atoms with van der Waals surface area (Å²) >= 11 is 6.02. The number of nitrogens with one attached hydrogen (secondary N) is 1. The molecule has 0 bridgehead atoms. The molecule has 4 heteroatoms. The molecule has 1 saturated carbocycles. The fourth-order valence-electron chi connectivity index (χ4n) is 3.07. The summed E-state index contributed by atoms with van der Waals surface area (Å²) in [4.78, 5) is 7.03. The molecule has 0 radical (unpaired) electrons. The van der Waals surface area contributed by atoms with Gasteiger partial charge in [-0.15, -0.1) is 0 Å². The number of likely N-dealkylation sites (tertiary alicyclic amines) is 1. The first-order valence-corrected chi connectivity index (χ1v) is 7.73. The molecule has 4 rings (SSSR count). The van der Waals surface area contributed by atoms with Gasteiger partial charge in [-0.2, -0.15) is 0 Å². The number of hydrogen-bond acceptors (Lipinski definition) is 3. The van der Waals surface area contributed by atoms with Gasteiger partial charge in [-0.1, -0.05) is 11.6 Å². The molecule has 1 aliphatic carbocycles. The number of aromatic nitrogens is 1. The molecule has 1 unspecified atom stereocenters. The zero-order valence-corrected chi connectivity index (χ0v) is 12.1. The van der Waals surface area contributed by atoms with E-state index in [-0.39, 0.29) is 0 Å². The van der Waals surface area contributed by atoms with Crippen LogP contribution in [0.5, 0.6) is 0 Å². The van der Waals surface area contributed by atoms with Gasteiger partial charge in [0.25, 0.3) is 0 Å². The molecule has 0 amide bonds. The topological polar surface area (TPSA) is 28.2 Å². The summed E-state index contributed by atoms with van der Waals surface area (Å²) in [5, 5.41) is 5.48. The lowest BCUT2D eigenvalue weighted by molar-refractivity contribution is 0.0907. The summed E-state index contributed by atoms with van der Waals surface area (Å²) < 4.78 is 0. The third-order valence-corrected chi connectivity index (χ3v) is 4.67. The van der Waals surface area contributed by atoms with Crippen LogP contribution >= 0.6 is 11.6 Å². The van der Waals surface area contributed by atoms with Gasteiger partial charge in [-0.05, 0) is 43.5 Å². The van der Waals surface area contributed by atoms with Crippen molar-refractivity contribution in [1.29, 1.82) is 0 Å². The lowest BCUT2D eigenvalue weighted by atomic mass is 10.0. The minimum Gasteiger partial charge on any atom is -0.383 e. The summed E-state index contributed by atoms with van der Waals surface area (Å²) in [5.74, 6) is 0. The minimum atomic E-state index is 0.706. The number of halogens is 1. The van der Waals surface area contributed by atoms with Crippen molar-refractivity contribution in [3.05, 3.63) is 35.5 Å². The van der Waals surface area contributed by atoms with Crippen molar-refractivity contribution < 1.29 is 0 Å². The maximum Gasteiger partial charge on any atom is 0.0737 e. The standard InChI is InChI=1S/C16H18ClN3/c17-11-1-4-14-15(5-7-18-16(14)9-11)19-10-13-6-8-20(13)12-2-3-12/h1,4-5,7,9,12-13H,2-3,6,8,10H2,(H,18,19). The first-order chi connectivity index (χ1) is 9.81. The van der Waals surface area contributed by atoms with Gasteiger partial charge < -0.3 is 5.32 Å². The summed E-state index contributed by atoms with van der Waals surface area (Å²) in [6, 6.07) is 9.53. The number of nitrogens with zero attached hydrogens (tertiary/aromatic N) is 2. The molecule has 1 aliphatic heterocycles. The lowest BCUT2D eigenvalue weighted by Crippen LogP contribution is -2.52. The van der Waals surface area contributed by atoms with Gasteiger partial charge in [0.2, 0.25) is 0 Å². The molecule has 1 saturated heterocycles. The SMILES string of the molecule is Clc1ccc2c(NCC3CCN3C3CC3)ccnc2c1. The van der Waals surface area contributed by atoms with Crippen LogP contribution in [0.1, 0.15) is 19.3 Å². The highest BCUT2D eigenvalue weighted by Crippen LogP contribution is 2.34. The Morgan fingerprint density at radius 2 is 2.15 bits per heavy atom. The first-order valence-electron chi connectivity index (χ1n) is 7.35. The van der Waals surface area contributed by atoms with E-state index in [1.165, 1.54) is 25.8 Å². The van der Waals surface area contributed by atoms with Crippen LogP contribution in [0.3, 0.4) is 0 Å². The number of pyridine rings is 1. The molecule has 1 atom stereocenters. The van der Waals surface area contributed by atoms with Crippen LogP contribution in [-0.4, -0.2) is 35.1 Å². The monoisotopic (exact) mass is 287 g/mol. The molecule has 0 spiro atoms. The molecule has 1 aromatic carbocycles. The van der Waals surface area contributed by atoms with Gasteiger partial charge in [0.05, 0.1) is 5.52 Å². The smallest absolute Gasteiger partial charge is 0.0737 e. The van der Waals surface area contributed by atoms with Crippen LogP contribution < -0.4 is 5.32 Å². The van der Waals surface area contributed by atoms with E-state index in [1.807, 2.05) is 24.4 Å². The van der Waals surface area contributed by atoms with E-state index < -0.39 is 0 Å². The number of hydrogen-bond donors (Lipinski definition) is 1. The Kier molecular flexibility index (Phi) is 3.04. The quantitative estimate of drug-likeness (QED) is 0.932. The molecule has 2 aliphatic rings. The molecule has 20 heavy (non-hydrogen) atoms. The number of anilines is 1. The molecular formula is C16H18ClN3. The van der Waals surface area contributed by atoms with Crippen molar-refractivity contribution in [3.63, 3.8) is 0 Å². The third kappa shape index (κ3) is 2.25. The summed E-state index contributed by atoms with van der Waals surface area (Å²) in [6.07, 6.45) is 5.96. The highest BCUT2D eigenvalue weighted by atomic mass is 35.5. The van der Waals surface area contributed by atoms with E-state index in [9.17, 15) is 0 Å². The van der Waals surface area contributed by atoms with Crippen LogP contribution in [0.2, 0.25) is 5.02 Å². The van der Waals surface area contributed by atoms with E-state index in [0.717, 1.165) is 34.2 Å². The van der Waals surface area contributed by atoms with Crippen LogP contribution in [0.15, 0.2) is 30.5 Å². The Hall–Kier alpha value is -1.32. The Balaban J connectivity index is 1.50. The number of rotatable bonds is 4. The largest absolute Gasteiger partial charge is 0.383 e. The molecule has 3 nitrogen and oxygen atoms in total. The van der Waals surface area contributed by atoms with Gasteiger partial charge in [0.1, 0.15) is 0 Å². The zero-order valence-electron chi connectivity index (χ0n) is 11.3. The Labute approximate surface area is 123 Å². The molecule has 104 valence electrons. The predicted molar refractivity (Wildman–Crippen MR) is 83.4 cm³/mol. The van der Waals surface area contributed by atoms with Crippen molar-refractivity contribution in [2.75, 3.05) is 18.4 Å². The highest BCUT2D eigenvalue weighted by molar-refractivity contribution is 6.31. The molecule has 2 fully saturated rings. The average Bonchev–Trinajstić information content (AvgIpc) is 3.22. The van der Waals surface area contributed by atoms with Gasteiger partial charge in [0, 0.05) is 47.5 Å². The van der Waals surface area contributed by atoms with Gasteiger partial charge >= 0.3 is 0 Å². The fraction of sp³-hybridized carbons (Fsp3) is 0.438. The van der Waals surface area contributed by atoms with Crippen molar-refractivity contribution in [2.45, 2.75) is 31.3 Å². The van der Waals surface area contributed by atoms with Crippen LogP contribution in [0, 0.1) is 0 Å². The molecule has 1 N–H and O–H groups in total. The number of fused-ring (bicyclic) bond motifs is 1. The van der Waals surface area contributed by atoms with E-state index in [1.54, 1.807) is 0 Å². The van der Waals surface area contributed by atoms with Gasteiger partial charge in [-0.25, -0.2) is 0 Å². The summed E-state index contributed by atoms with van der Waals surface area (Å²) in [5.41, 5.74) is 2.12. The highest BCUT2D eigenvalue weighted by Gasteiger charge is 2.38. The minimum absolute atomic E-state index is 0.706. The third-order valence-electron chi connectivity index (χ3n) is 4.44. The average molecular weight is 288 g/mol. The number of benzene rings is 1. The maximum atomic E-state index is 6.02. The zero-order chi connectivity index (χ0) is 13.5. The molecular weight excluding hydrogens is 270 g/mol. The lowest BCUT2D eigenvalue weighted by Gasteiger charge is -2.41. The van der Waals surface area contributed by atoms with E-state index in [4.69, 9.17) is 11.6 Å². The first kappa shape index (κ1) is 12.4. The second-order valence-corrected chi connectivity index (χ2v) is 6.25. The van der Waals surface area contributed by atoms with E-state index in [0.29, 0.717) is 6.04 Å². The second kappa shape index (κ2) is 4.90. The summed E-state index contributed by atoms with van der Waals surface area (Å²) in [7, 11) is 0. The predicted octanol–water partition coefficient (Wildman–Crippen LogP) is 3.54. The Morgan fingerprint density at radius 1 is 1.25 bits per heavy atom. The normalized spacial score (nSPS) is 22.8. The van der Waals surface area contributed by atoms with Crippen molar-refractivity contribution in [3.8, 4) is 0 Å². The van der Waals surface area contributed by atoms with Gasteiger partial charge in [0.15, 0.2) is 0 Å². The summed E-state index contributed by atoms with van der Waals surface area (Å²) in [6.45, 7) is 2.31. The van der Waals surface area contributed by atoms with Gasteiger partial charge in [-0.3, -0.25) is 9.88 Å². The molecule has 2 heterocycles. The van der Waals surface area contributed by atoms with E-state index in [2.05, 4.69) is 21.3 Å². The Bertz CT molecular complexity index is 639. The maximum absolute atomic E-state index is 6.02. The molecule has 1 aromatic heterocycles. The van der Waals surface area contributed by atoms with Crippen molar-refractivity contribution in [1.82, 2.24) is 9.88 Å². The van der Waals surface area contributed by atoms with Crippen LogP contribution in [-0.2, 0) is 0 Å². The second-order valence-electron chi connectivity index (χ2n) is 5.81. The van der Waals surface area contributed by atoms with Crippen LogP contribution in [0.4, 0.5) is 5.69 Å². The molecule has 2 aromatic rings. The van der Waals surface area contributed by atoms with Crippen molar-refractivity contribution in [2.24, 2.45) is 0 Å². The van der Waals surface area contributed by atoms with Crippen LogP contribution in [0.25, 0.3) is 10.9 Å². The fourth-order valence-corrected chi connectivity index (χ4v) is 3.24. The van der Waals surface area contributed by atoms with Crippen molar-refractivity contribution >= 4 is 28.2 Å².